The van der Waals surface area contributed by atoms with Gasteiger partial charge in [-0.15, -0.1) is 11.3 Å². The van der Waals surface area contributed by atoms with Gasteiger partial charge in [0.1, 0.15) is 11.2 Å². The molecule has 0 aliphatic heterocycles. The summed E-state index contributed by atoms with van der Waals surface area (Å²) in [6.07, 6.45) is 0. The van der Waals surface area contributed by atoms with Crippen molar-refractivity contribution in [1.29, 1.82) is 0 Å². The van der Waals surface area contributed by atoms with Crippen molar-refractivity contribution < 1.29 is 4.42 Å². The van der Waals surface area contributed by atoms with E-state index in [2.05, 4.69) is 121 Å². The number of para-hydroxylation sites is 1. The molecule has 0 atom stereocenters. The Kier molecular flexibility index (Phi) is 4.55. The first-order chi connectivity index (χ1) is 19.8. The highest BCUT2D eigenvalue weighted by Crippen LogP contribution is 2.48. The van der Waals surface area contributed by atoms with Gasteiger partial charge in [-0.3, -0.25) is 0 Å². The minimum atomic E-state index is 0.941. The van der Waals surface area contributed by atoms with Crippen LogP contribution in [0.3, 0.4) is 0 Å². The van der Waals surface area contributed by atoms with Crippen LogP contribution in [0.15, 0.2) is 138 Å². The third kappa shape index (κ3) is 3.08. The highest BCUT2D eigenvalue weighted by atomic mass is 32.1. The number of benzene rings is 7. The maximum absolute atomic E-state index is 6.22. The van der Waals surface area contributed by atoms with E-state index in [9.17, 15) is 0 Å². The number of hydrogen-bond donors (Lipinski definition) is 0. The maximum atomic E-state index is 6.22. The molecular weight excluding hydrogens is 504 g/mol. The molecule has 2 aromatic heterocycles. The minimum Gasteiger partial charge on any atom is -0.456 e. The summed E-state index contributed by atoms with van der Waals surface area (Å²) in [6, 6.07) is 48.3. The Balaban J connectivity index is 1.38. The van der Waals surface area contributed by atoms with Crippen molar-refractivity contribution in [2.45, 2.75) is 0 Å². The second-order valence-electron chi connectivity index (χ2n) is 10.5. The lowest BCUT2D eigenvalue weighted by Crippen LogP contribution is -1.90. The van der Waals surface area contributed by atoms with Crippen LogP contribution in [-0.4, -0.2) is 0 Å². The van der Waals surface area contributed by atoms with Gasteiger partial charge in [-0.05, 0) is 73.1 Å². The van der Waals surface area contributed by atoms with Crippen LogP contribution in [0, 0.1) is 0 Å². The summed E-state index contributed by atoms with van der Waals surface area (Å²) >= 11 is 1.87. The Hall–Kier alpha value is -4.92. The third-order valence-corrected chi connectivity index (χ3v) is 9.37. The number of thiophene rings is 1. The highest BCUT2D eigenvalue weighted by Gasteiger charge is 2.19. The lowest BCUT2D eigenvalue weighted by atomic mass is 9.86. The van der Waals surface area contributed by atoms with E-state index in [1.165, 1.54) is 74.7 Å². The van der Waals surface area contributed by atoms with E-state index in [0.29, 0.717) is 0 Å². The summed E-state index contributed by atoms with van der Waals surface area (Å²) in [5.74, 6) is 0. The summed E-state index contributed by atoms with van der Waals surface area (Å²) in [5.41, 5.74) is 5.77. The Bertz CT molecular complexity index is 2380. The van der Waals surface area contributed by atoms with Crippen LogP contribution in [0.1, 0.15) is 0 Å². The van der Waals surface area contributed by atoms with Gasteiger partial charge in [0.15, 0.2) is 0 Å². The Morgan fingerprint density at radius 2 is 1.00 bits per heavy atom. The molecule has 0 saturated carbocycles. The molecule has 1 nitrogen and oxygen atoms in total. The molecule has 0 saturated heterocycles. The second-order valence-corrected chi connectivity index (χ2v) is 11.5. The first-order valence-corrected chi connectivity index (χ1v) is 14.4. The molecule has 0 unspecified atom stereocenters. The van der Waals surface area contributed by atoms with E-state index < -0.39 is 0 Å². The molecule has 0 amide bonds. The predicted molar refractivity (Wildman–Crippen MR) is 172 cm³/mol. The lowest BCUT2D eigenvalue weighted by Gasteiger charge is -2.18. The molecule has 40 heavy (non-hydrogen) atoms. The summed E-state index contributed by atoms with van der Waals surface area (Å²) < 4.78 is 7.50. The largest absolute Gasteiger partial charge is 0.456 e. The average molecular weight is 527 g/mol. The quantitative estimate of drug-likeness (QED) is 0.204. The van der Waals surface area contributed by atoms with E-state index in [-0.39, 0.29) is 0 Å². The van der Waals surface area contributed by atoms with E-state index in [1.54, 1.807) is 0 Å². The normalized spacial score (nSPS) is 12.0. The van der Waals surface area contributed by atoms with E-state index in [4.69, 9.17) is 4.42 Å². The molecule has 186 valence electrons. The molecule has 0 N–H and O–H groups in total. The zero-order valence-corrected chi connectivity index (χ0v) is 22.3. The minimum absolute atomic E-state index is 0.941. The van der Waals surface area contributed by atoms with Gasteiger partial charge in [-0.1, -0.05) is 109 Å². The average Bonchev–Trinajstić information content (AvgIpc) is 3.58. The summed E-state index contributed by atoms with van der Waals surface area (Å²) in [6.45, 7) is 0. The van der Waals surface area contributed by atoms with Crippen LogP contribution in [-0.2, 0) is 0 Å². The SMILES string of the molecule is c1ccc2c(-c3c4ccccc4c(-c4cc5cc6oc7ccccc7c6cc5s4)c4ccccc34)cccc2c1. The van der Waals surface area contributed by atoms with Crippen molar-refractivity contribution in [2.24, 2.45) is 0 Å². The predicted octanol–water partition coefficient (Wildman–Crippen LogP) is 11.6. The molecule has 0 spiro atoms. The molecule has 0 bridgehead atoms. The molecule has 2 heterocycles. The third-order valence-electron chi connectivity index (χ3n) is 8.25. The molecule has 9 rings (SSSR count). The van der Waals surface area contributed by atoms with Crippen LogP contribution < -0.4 is 0 Å². The lowest BCUT2D eigenvalue weighted by molar-refractivity contribution is 0.669. The maximum Gasteiger partial charge on any atom is 0.136 e. The fourth-order valence-corrected chi connectivity index (χ4v) is 7.67. The standard InChI is InChI=1S/C38H22OS/c1-2-12-25-23(10-1)11-9-18-27(25)37-28-14-3-5-16-30(28)38(31-17-6-4-15-29(31)37)36-21-24-20-34-32(22-35(24)40-36)26-13-7-8-19-33(26)39-34/h1-22H. The van der Waals surface area contributed by atoms with Crippen LogP contribution in [0.25, 0.3) is 85.9 Å². The van der Waals surface area contributed by atoms with Crippen molar-refractivity contribution in [3.05, 3.63) is 133 Å². The van der Waals surface area contributed by atoms with Crippen LogP contribution in [0.5, 0.6) is 0 Å². The number of furan rings is 1. The fourth-order valence-electron chi connectivity index (χ4n) is 6.51. The number of fused-ring (bicyclic) bond motifs is 7. The van der Waals surface area contributed by atoms with Crippen LogP contribution in [0.4, 0.5) is 0 Å². The van der Waals surface area contributed by atoms with Crippen molar-refractivity contribution in [2.75, 3.05) is 0 Å². The number of hydrogen-bond acceptors (Lipinski definition) is 2. The van der Waals surface area contributed by atoms with Gasteiger partial charge in [-0.2, -0.15) is 0 Å². The van der Waals surface area contributed by atoms with Crippen molar-refractivity contribution in [1.82, 2.24) is 0 Å². The molecule has 7 aromatic carbocycles. The van der Waals surface area contributed by atoms with Crippen LogP contribution in [0.2, 0.25) is 0 Å². The smallest absolute Gasteiger partial charge is 0.136 e. The summed E-state index contributed by atoms with van der Waals surface area (Å²) in [4.78, 5) is 1.28. The summed E-state index contributed by atoms with van der Waals surface area (Å²) in [7, 11) is 0. The van der Waals surface area contributed by atoms with Gasteiger partial charge in [0.25, 0.3) is 0 Å². The molecular formula is C38H22OS. The molecule has 0 aliphatic rings. The van der Waals surface area contributed by atoms with E-state index in [0.717, 1.165) is 11.2 Å². The first-order valence-electron chi connectivity index (χ1n) is 13.6. The Morgan fingerprint density at radius 1 is 0.400 bits per heavy atom. The van der Waals surface area contributed by atoms with Gasteiger partial charge in [-0.25, -0.2) is 0 Å². The van der Waals surface area contributed by atoms with Gasteiger partial charge in [0.05, 0.1) is 0 Å². The zero-order valence-electron chi connectivity index (χ0n) is 21.5. The highest BCUT2D eigenvalue weighted by molar-refractivity contribution is 7.22. The fraction of sp³-hybridized carbons (Fsp3) is 0. The zero-order chi connectivity index (χ0) is 26.2. The van der Waals surface area contributed by atoms with E-state index in [1.807, 2.05) is 23.5 Å². The van der Waals surface area contributed by atoms with Crippen molar-refractivity contribution in [3.8, 4) is 21.6 Å². The van der Waals surface area contributed by atoms with Crippen LogP contribution >= 0.6 is 11.3 Å². The second kappa shape index (κ2) is 8.29. The Labute approximate surface area is 234 Å². The van der Waals surface area contributed by atoms with E-state index >= 15 is 0 Å². The van der Waals surface area contributed by atoms with Crippen molar-refractivity contribution in [3.63, 3.8) is 0 Å². The van der Waals surface area contributed by atoms with Gasteiger partial charge in [0, 0.05) is 25.9 Å². The van der Waals surface area contributed by atoms with Crippen molar-refractivity contribution >= 4 is 75.7 Å². The summed E-state index contributed by atoms with van der Waals surface area (Å²) in [5, 5.41) is 11.2. The molecule has 0 aliphatic carbocycles. The molecule has 0 radical (unpaired) electrons. The van der Waals surface area contributed by atoms with Gasteiger partial charge < -0.3 is 4.42 Å². The number of rotatable bonds is 2. The topological polar surface area (TPSA) is 13.1 Å². The Morgan fingerprint density at radius 3 is 1.75 bits per heavy atom. The molecule has 0 fully saturated rings. The first kappa shape index (κ1) is 22.0. The van der Waals surface area contributed by atoms with Gasteiger partial charge >= 0.3 is 0 Å². The molecule has 2 heteroatoms. The van der Waals surface area contributed by atoms with Gasteiger partial charge in [0.2, 0.25) is 0 Å². The monoisotopic (exact) mass is 526 g/mol. The molecule has 9 aromatic rings.